The monoisotopic (exact) mass is 794 g/mol. The number of nitrogens with zero attached hydrogens (tertiary/aromatic N) is 3. The molecule has 0 spiro atoms. The van der Waals surface area contributed by atoms with Gasteiger partial charge in [0, 0.05) is 22.9 Å². The Hall–Kier alpha value is -7.92. The molecule has 4 heteroatoms. The molecule has 11 rings (SSSR count). The van der Waals surface area contributed by atoms with Gasteiger partial charge in [-0.25, -0.2) is 0 Å². The number of hydrogen-bond donors (Lipinski definition) is 1. The van der Waals surface area contributed by atoms with Crippen molar-refractivity contribution >= 4 is 22.9 Å². The van der Waals surface area contributed by atoms with Crippen molar-refractivity contribution in [1.29, 1.82) is 0 Å². The molecule has 294 valence electrons. The Kier molecular flexibility index (Phi) is 9.74. The third kappa shape index (κ3) is 7.34. The van der Waals surface area contributed by atoms with Crippen LogP contribution in [0.2, 0.25) is 0 Å². The molecule has 2 atom stereocenters. The summed E-state index contributed by atoms with van der Waals surface area (Å²) < 4.78 is 0. The van der Waals surface area contributed by atoms with Crippen molar-refractivity contribution in [3.63, 3.8) is 0 Å². The number of quaternary nitrogens is 1. The van der Waals surface area contributed by atoms with Crippen molar-refractivity contribution in [3.05, 3.63) is 269 Å². The largest absolute Gasteiger partial charge is 0.659 e. The fourth-order valence-electron chi connectivity index (χ4n) is 8.80. The number of hydrogen-bond acceptors (Lipinski definition) is 2. The lowest BCUT2D eigenvalue weighted by atomic mass is 9.93. The Labute approximate surface area is 362 Å². The summed E-state index contributed by atoms with van der Waals surface area (Å²) in [5.41, 5.74) is 19.1. The first kappa shape index (κ1) is 37.1. The summed E-state index contributed by atoms with van der Waals surface area (Å²) in [7, 11) is 0. The molecular weight excluding hydrogens is 753 g/mol. The Morgan fingerprint density at radius 2 is 0.871 bits per heavy atom. The van der Waals surface area contributed by atoms with Crippen LogP contribution in [0.1, 0.15) is 45.6 Å². The van der Waals surface area contributed by atoms with Crippen LogP contribution in [-0.2, 0) is 0 Å². The molecular formula is C58H42N4. The van der Waals surface area contributed by atoms with E-state index < -0.39 is 0 Å². The number of amidine groups is 1. The summed E-state index contributed by atoms with van der Waals surface area (Å²) >= 11 is 0. The van der Waals surface area contributed by atoms with Gasteiger partial charge < -0.3 is 5.32 Å². The SMILES string of the molecule is c1ccc(-c2ccc(C3=NC(c4cccc(-c5cccc(-c6cccc(C7=Nc8ccccc8C(c8ccc(-c9ccccc9)cc8)[NH2+]7)c6)c5)c4)[N-]c4ccccc43)cc2)cc1. The highest BCUT2D eigenvalue weighted by molar-refractivity contribution is 6.17. The Morgan fingerprint density at radius 3 is 1.56 bits per heavy atom. The van der Waals surface area contributed by atoms with Gasteiger partial charge in [-0.3, -0.25) is 10.3 Å². The van der Waals surface area contributed by atoms with Crippen LogP contribution in [0.15, 0.2) is 241 Å². The van der Waals surface area contributed by atoms with Gasteiger partial charge in [0.1, 0.15) is 6.04 Å². The molecule has 9 aromatic rings. The van der Waals surface area contributed by atoms with E-state index in [-0.39, 0.29) is 12.2 Å². The van der Waals surface area contributed by atoms with Crippen molar-refractivity contribution < 1.29 is 5.32 Å². The minimum Gasteiger partial charge on any atom is -0.659 e. The molecule has 9 aromatic carbocycles. The van der Waals surface area contributed by atoms with Crippen molar-refractivity contribution in [2.45, 2.75) is 12.2 Å². The minimum absolute atomic E-state index is 0.0905. The third-order valence-corrected chi connectivity index (χ3v) is 12.0. The minimum atomic E-state index is -0.364. The average molecular weight is 795 g/mol. The van der Waals surface area contributed by atoms with E-state index >= 15 is 0 Å². The first-order valence-corrected chi connectivity index (χ1v) is 21.2. The summed E-state index contributed by atoms with van der Waals surface area (Å²) in [6, 6.07) is 82.0. The number of rotatable bonds is 8. The highest BCUT2D eigenvalue weighted by Gasteiger charge is 2.29. The predicted molar refractivity (Wildman–Crippen MR) is 255 cm³/mol. The van der Waals surface area contributed by atoms with Gasteiger partial charge in [-0.05, 0) is 79.9 Å². The topological polar surface area (TPSA) is 55.4 Å². The van der Waals surface area contributed by atoms with Crippen LogP contribution in [0.4, 0.5) is 11.4 Å². The van der Waals surface area contributed by atoms with Gasteiger partial charge >= 0.3 is 0 Å². The molecule has 0 radical (unpaired) electrons. The van der Waals surface area contributed by atoms with Crippen LogP contribution in [0.25, 0.3) is 49.8 Å². The van der Waals surface area contributed by atoms with Crippen molar-refractivity contribution in [2.24, 2.45) is 9.98 Å². The lowest BCUT2D eigenvalue weighted by Crippen LogP contribution is -2.90. The Morgan fingerprint density at radius 1 is 0.371 bits per heavy atom. The molecule has 0 bridgehead atoms. The smallest absolute Gasteiger partial charge is 0.232 e. The molecule has 0 aromatic heterocycles. The third-order valence-electron chi connectivity index (χ3n) is 12.0. The molecule has 2 aliphatic heterocycles. The zero-order valence-corrected chi connectivity index (χ0v) is 34.0. The molecule has 2 N–H and O–H groups in total. The second kappa shape index (κ2) is 16.3. The molecule has 4 nitrogen and oxygen atoms in total. The first-order valence-electron chi connectivity index (χ1n) is 21.2. The maximum absolute atomic E-state index is 5.31. The van der Waals surface area contributed by atoms with Crippen LogP contribution < -0.4 is 5.32 Å². The molecule has 0 aliphatic carbocycles. The van der Waals surface area contributed by atoms with Crippen LogP contribution in [0, 0.1) is 0 Å². The summed E-state index contributed by atoms with van der Waals surface area (Å²) in [4.78, 5) is 10.5. The van der Waals surface area contributed by atoms with Crippen LogP contribution in [0.5, 0.6) is 0 Å². The van der Waals surface area contributed by atoms with Gasteiger partial charge in [-0.2, -0.15) is 4.99 Å². The van der Waals surface area contributed by atoms with E-state index in [1.54, 1.807) is 0 Å². The number of para-hydroxylation sites is 2. The van der Waals surface area contributed by atoms with Crippen LogP contribution in [-0.4, -0.2) is 11.5 Å². The maximum atomic E-state index is 5.31. The Balaban J connectivity index is 0.875. The maximum Gasteiger partial charge on any atom is 0.232 e. The van der Waals surface area contributed by atoms with Crippen molar-refractivity contribution in [2.75, 3.05) is 0 Å². The quantitative estimate of drug-likeness (QED) is 0.159. The Bertz CT molecular complexity index is 3110. The van der Waals surface area contributed by atoms with Crippen LogP contribution in [0.3, 0.4) is 0 Å². The summed E-state index contributed by atoms with van der Waals surface area (Å²) in [6.45, 7) is 0. The molecule has 62 heavy (non-hydrogen) atoms. The fraction of sp³-hybridized carbons (Fsp3) is 0.0345. The van der Waals surface area contributed by atoms with Gasteiger partial charge in [0.2, 0.25) is 5.84 Å². The summed E-state index contributed by atoms with van der Waals surface area (Å²) in [5, 5.41) is 7.49. The predicted octanol–water partition coefficient (Wildman–Crippen LogP) is 13.7. The molecule has 2 heterocycles. The van der Waals surface area contributed by atoms with Crippen LogP contribution >= 0.6 is 0 Å². The lowest BCUT2D eigenvalue weighted by Gasteiger charge is -2.38. The van der Waals surface area contributed by atoms with Crippen molar-refractivity contribution in [1.82, 2.24) is 0 Å². The van der Waals surface area contributed by atoms with E-state index in [1.807, 2.05) is 6.07 Å². The van der Waals surface area contributed by atoms with E-state index in [0.717, 1.165) is 67.4 Å². The van der Waals surface area contributed by atoms with Gasteiger partial charge in [0.25, 0.3) is 0 Å². The van der Waals surface area contributed by atoms with Crippen molar-refractivity contribution in [3.8, 4) is 44.5 Å². The number of aliphatic imine (C=N–C) groups is 2. The number of benzene rings is 9. The second-order valence-electron chi connectivity index (χ2n) is 15.9. The number of fused-ring (bicyclic) bond motifs is 2. The highest BCUT2D eigenvalue weighted by Crippen LogP contribution is 2.42. The van der Waals surface area contributed by atoms with E-state index in [4.69, 9.17) is 15.3 Å². The van der Waals surface area contributed by atoms with Gasteiger partial charge in [0.15, 0.2) is 0 Å². The normalized spacial score (nSPS) is 15.4. The van der Waals surface area contributed by atoms with E-state index in [0.29, 0.717) is 0 Å². The van der Waals surface area contributed by atoms with Gasteiger partial charge in [-0.15, -0.1) is 5.69 Å². The zero-order valence-electron chi connectivity index (χ0n) is 34.0. The number of nitrogens with two attached hydrogens (primary N) is 1. The van der Waals surface area contributed by atoms with E-state index in [2.05, 4.69) is 230 Å². The second-order valence-corrected chi connectivity index (χ2v) is 15.9. The van der Waals surface area contributed by atoms with Gasteiger partial charge in [-0.1, -0.05) is 206 Å². The average Bonchev–Trinajstić information content (AvgIpc) is 3.36. The molecule has 0 fully saturated rings. The highest BCUT2D eigenvalue weighted by atomic mass is 15.1. The molecule has 0 saturated heterocycles. The molecule has 0 amide bonds. The molecule has 0 saturated carbocycles. The fourth-order valence-corrected chi connectivity index (χ4v) is 8.80. The lowest BCUT2D eigenvalue weighted by molar-refractivity contribution is -0.577. The molecule has 2 unspecified atom stereocenters. The summed E-state index contributed by atoms with van der Waals surface area (Å²) in [6.07, 6.45) is -0.364. The first-order chi connectivity index (χ1) is 30.7. The van der Waals surface area contributed by atoms with E-state index in [1.165, 1.54) is 33.4 Å². The summed E-state index contributed by atoms with van der Waals surface area (Å²) in [5.74, 6) is 0.983. The zero-order chi connectivity index (χ0) is 41.2. The van der Waals surface area contributed by atoms with E-state index in [9.17, 15) is 0 Å². The molecule has 2 aliphatic rings. The standard InChI is InChI=1S/C58H41N4/c1-3-14-39(15-4-1)41-28-32-43(33-29-41)55-51-24-7-9-26-53(51)59-57(61-55)49-22-12-20-47(37-49)45-18-11-19-46(36-45)48-21-13-23-50(38-48)58-60-54-27-10-8-25-52(54)56(62-58)44-34-30-42(31-35-44)40-16-5-2-6-17-40/h1-38,55,58H,(H,59,61)/q-1/p+1. The van der Waals surface area contributed by atoms with Gasteiger partial charge in [0.05, 0.1) is 17.0 Å².